The molecule has 0 saturated heterocycles. The van der Waals surface area contributed by atoms with E-state index in [-0.39, 0.29) is 0 Å². The SMILES string of the molecule is CNCCOCC#CC(C)C. The fourth-order valence-corrected chi connectivity index (χ4v) is 0.543. The van der Waals surface area contributed by atoms with Crippen LogP contribution in [-0.4, -0.2) is 26.8 Å². The summed E-state index contributed by atoms with van der Waals surface area (Å²) in [5.74, 6) is 6.42. The predicted octanol–water partition coefficient (Wildman–Crippen LogP) is 0.882. The molecule has 0 amide bonds. The quantitative estimate of drug-likeness (QED) is 0.480. The van der Waals surface area contributed by atoms with Crippen LogP contribution in [0.2, 0.25) is 0 Å². The summed E-state index contributed by atoms with van der Waals surface area (Å²) < 4.78 is 5.19. The predicted molar refractivity (Wildman–Crippen MR) is 47.4 cm³/mol. The largest absolute Gasteiger partial charge is 0.367 e. The van der Waals surface area contributed by atoms with Crippen molar-refractivity contribution in [2.75, 3.05) is 26.8 Å². The van der Waals surface area contributed by atoms with Gasteiger partial charge in [0.2, 0.25) is 0 Å². The lowest BCUT2D eigenvalue weighted by molar-refractivity contribution is 0.170. The van der Waals surface area contributed by atoms with Crippen LogP contribution in [0.3, 0.4) is 0 Å². The van der Waals surface area contributed by atoms with Crippen molar-refractivity contribution < 1.29 is 4.74 Å². The van der Waals surface area contributed by atoms with E-state index in [1.54, 1.807) is 0 Å². The van der Waals surface area contributed by atoms with Gasteiger partial charge in [0.15, 0.2) is 0 Å². The van der Waals surface area contributed by atoms with Crippen molar-refractivity contribution in [3.05, 3.63) is 0 Å². The Bertz CT molecular complexity index is 132. The highest BCUT2D eigenvalue weighted by atomic mass is 16.5. The lowest BCUT2D eigenvalue weighted by Crippen LogP contribution is -2.14. The molecule has 0 aliphatic carbocycles. The average molecular weight is 155 g/mol. The topological polar surface area (TPSA) is 21.3 Å². The summed E-state index contributed by atoms with van der Waals surface area (Å²) in [6.45, 7) is 6.33. The van der Waals surface area contributed by atoms with Crippen LogP contribution in [0.5, 0.6) is 0 Å². The molecule has 0 unspecified atom stereocenters. The molecule has 64 valence electrons. The van der Waals surface area contributed by atoms with E-state index in [1.807, 2.05) is 7.05 Å². The van der Waals surface area contributed by atoms with Gasteiger partial charge < -0.3 is 10.1 Å². The van der Waals surface area contributed by atoms with Gasteiger partial charge in [-0.15, -0.1) is 0 Å². The number of likely N-dealkylation sites (N-methyl/N-ethyl adjacent to an activating group) is 1. The van der Waals surface area contributed by atoms with Crippen molar-refractivity contribution in [2.45, 2.75) is 13.8 Å². The van der Waals surface area contributed by atoms with Gasteiger partial charge >= 0.3 is 0 Å². The van der Waals surface area contributed by atoms with E-state index in [9.17, 15) is 0 Å². The Morgan fingerprint density at radius 2 is 2.18 bits per heavy atom. The van der Waals surface area contributed by atoms with Crippen LogP contribution in [-0.2, 0) is 4.74 Å². The minimum Gasteiger partial charge on any atom is -0.367 e. The normalized spacial score (nSPS) is 9.45. The van der Waals surface area contributed by atoms with Gasteiger partial charge in [0.25, 0.3) is 0 Å². The zero-order chi connectivity index (χ0) is 8.53. The van der Waals surface area contributed by atoms with Crippen LogP contribution in [0.15, 0.2) is 0 Å². The summed E-state index contributed by atoms with van der Waals surface area (Å²) in [7, 11) is 1.91. The fourth-order valence-electron chi connectivity index (χ4n) is 0.543. The molecule has 0 saturated carbocycles. The second-order valence-corrected chi connectivity index (χ2v) is 2.63. The van der Waals surface area contributed by atoms with E-state index in [0.717, 1.165) is 13.2 Å². The van der Waals surface area contributed by atoms with Crippen LogP contribution in [0, 0.1) is 17.8 Å². The minimum absolute atomic E-state index is 0.447. The third-order valence-electron chi connectivity index (χ3n) is 1.06. The Morgan fingerprint density at radius 3 is 2.73 bits per heavy atom. The first kappa shape index (κ1) is 10.5. The lowest BCUT2D eigenvalue weighted by atomic mass is 10.2. The van der Waals surface area contributed by atoms with Gasteiger partial charge in [-0.1, -0.05) is 25.7 Å². The fraction of sp³-hybridized carbons (Fsp3) is 0.778. The summed E-state index contributed by atoms with van der Waals surface area (Å²) in [5.41, 5.74) is 0. The first-order valence-electron chi connectivity index (χ1n) is 3.98. The van der Waals surface area contributed by atoms with Gasteiger partial charge in [-0.2, -0.15) is 0 Å². The molecule has 0 aromatic heterocycles. The molecule has 0 radical (unpaired) electrons. The molecular formula is C9H17NO. The highest BCUT2D eigenvalue weighted by molar-refractivity contribution is 5.01. The maximum Gasteiger partial charge on any atom is 0.107 e. The van der Waals surface area contributed by atoms with Crippen LogP contribution in [0.25, 0.3) is 0 Å². The number of hydrogen-bond acceptors (Lipinski definition) is 2. The highest BCUT2D eigenvalue weighted by Gasteiger charge is 1.82. The third-order valence-corrected chi connectivity index (χ3v) is 1.06. The smallest absolute Gasteiger partial charge is 0.107 e. The number of ether oxygens (including phenoxy) is 1. The minimum atomic E-state index is 0.447. The van der Waals surface area contributed by atoms with Gasteiger partial charge in [-0.3, -0.25) is 0 Å². The Balaban J connectivity index is 3.09. The van der Waals surface area contributed by atoms with E-state index in [0.29, 0.717) is 12.5 Å². The molecule has 0 aliphatic rings. The summed E-state index contributed by atoms with van der Waals surface area (Å²) in [4.78, 5) is 0. The number of nitrogens with one attached hydrogen (secondary N) is 1. The molecular weight excluding hydrogens is 138 g/mol. The maximum absolute atomic E-state index is 5.19. The number of hydrogen-bond donors (Lipinski definition) is 1. The van der Waals surface area contributed by atoms with Crippen molar-refractivity contribution in [1.82, 2.24) is 5.32 Å². The molecule has 0 bridgehead atoms. The lowest BCUT2D eigenvalue weighted by Gasteiger charge is -1.97. The molecule has 0 fully saturated rings. The van der Waals surface area contributed by atoms with Crippen molar-refractivity contribution in [3.8, 4) is 11.8 Å². The molecule has 0 heterocycles. The van der Waals surface area contributed by atoms with Crippen LogP contribution >= 0.6 is 0 Å². The van der Waals surface area contributed by atoms with Gasteiger partial charge in [-0.05, 0) is 7.05 Å². The van der Waals surface area contributed by atoms with E-state index in [1.165, 1.54) is 0 Å². The van der Waals surface area contributed by atoms with E-state index in [4.69, 9.17) is 4.74 Å². The second-order valence-electron chi connectivity index (χ2n) is 2.63. The molecule has 0 aliphatic heterocycles. The zero-order valence-electron chi connectivity index (χ0n) is 7.61. The Morgan fingerprint density at radius 1 is 1.45 bits per heavy atom. The second kappa shape index (κ2) is 7.59. The Hall–Kier alpha value is -0.520. The van der Waals surface area contributed by atoms with Gasteiger partial charge in [0.05, 0.1) is 6.61 Å². The van der Waals surface area contributed by atoms with Crippen molar-refractivity contribution in [1.29, 1.82) is 0 Å². The van der Waals surface area contributed by atoms with Crippen molar-refractivity contribution in [2.24, 2.45) is 5.92 Å². The standard InChI is InChI=1S/C9H17NO/c1-9(2)5-4-7-11-8-6-10-3/h9-10H,6-8H2,1-3H3. The molecule has 1 N–H and O–H groups in total. The maximum atomic E-state index is 5.19. The third kappa shape index (κ3) is 9.48. The molecule has 11 heavy (non-hydrogen) atoms. The van der Waals surface area contributed by atoms with Crippen molar-refractivity contribution >= 4 is 0 Å². The monoisotopic (exact) mass is 155 g/mol. The summed E-state index contributed by atoms with van der Waals surface area (Å²) in [6, 6.07) is 0. The first-order valence-corrected chi connectivity index (χ1v) is 3.98. The Labute approximate surface area is 69.3 Å². The van der Waals surface area contributed by atoms with E-state index >= 15 is 0 Å². The summed E-state index contributed by atoms with van der Waals surface area (Å²) in [5, 5.41) is 2.99. The molecule has 2 nitrogen and oxygen atoms in total. The molecule has 0 aromatic carbocycles. The van der Waals surface area contributed by atoms with E-state index < -0.39 is 0 Å². The summed E-state index contributed by atoms with van der Waals surface area (Å²) >= 11 is 0. The average Bonchev–Trinajstić information content (AvgIpc) is 1.96. The van der Waals surface area contributed by atoms with Crippen LogP contribution < -0.4 is 5.32 Å². The van der Waals surface area contributed by atoms with Crippen molar-refractivity contribution in [3.63, 3.8) is 0 Å². The molecule has 0 atom stereocenters. The van der Waals surface area contributed by atoms with Crippen LogP contribution in [0.4, 0.5) is 0 Å². The zero-order valence-corrected chi connectivity index (χ0v) is 7.61. The molecule has 0 rings (SSSR count). The van der Waals surface area contributed by atoms with Gasteiger partial charge in [-0.25, -0.2) is 0 Å². The van der Waals surface area contributed by atoms with Gasteiger partial charge in [0, 0.05) is 12.5 Å². The number of rotatable bonds is 4. The molecule has 0 aromatic rings. The van der Waals surface area contributed by atoms with E-state index in [2.05, 4.69) is 31.0 Å². The van der Waals surface area contributed by atoms with Gasteiger partial charge in [0.1, 0.15) is 6.61 Å². The molecule has 2 heteroatoms. The Kier molecular flexibility index (Phi) is 7.23. The molecule has 0 spiro atoms. The first-order chi connectivity index (χ1) is 5.27. The van der Waals surface area contributed by atoms with Crippen LogP contribution in [0.1, 0.15) is 13.8 Å². The summed E-state index contributed by atoms with van der Waals surface area (Å²) in [6.07, 6.45) is 0. The highest BCUT2D eigenvalue weighted by Crippen LogP contribution is 1.85.